The highest BCUT2D eigenvalue weighted by atomic mass is 16.5. The third-order valence-corrected chi connectivity index (χ3v) is 3.18. The number of ether oxygens (including phenoxy) is 1. The predicted molar refractivity (Wildman–Crippen MR) is 62.2 cm³/mol. The van der Waals surface area contributed by atoms with Gasteiger partial charge < -0.3 is 15.0 Å². The molecule has 1 aliphatic heterocycles. The molecule has 1 amide bonds. The Labute approximate surface area is 102 Å². The van der Waals surface area contributed by atoms with E-state index in [0.29, 0.717) is 32.0 Å². The van der Waals surface area contributed by atoms with Gasteiger partial charge in [-0.15, -0.1) is 0 Å². The van der Waals surface area contributed by atoms with Gasteiger partial charge in [0.25, 0.3) is 0 Å². The van der Waals surface area contributed by atoms with E-state index in [4.69, 9.17) is 10.00 Å². The van der Waals surface area contributed by atoms with Crippen LogP contribution in [0.1, 0.15) is 25.7 Å². The van der Waals surface area contributed by atoms with Crippen molar-refractivity contribution in [3.63, 3.8) is 0 Å². The van der Waals surface area contributed by atoms with Crippen LogP contribution in [0, 0.1) is 11.3 Å². The highest BCUT2D eigenvalue weighted by Crippen LogP contribution is 2.27. The van der Waals surface area contributed by atoms with Gasteiger partial charge in [-0.2, -0.15) is 5.26 Å². The first-order valence-corrected chi connectivity index (χ1v) is 6.30. The molecule has 0 aromatic carbocycles. The van der Waals surface area contributed by atoms with Crippen LogP contribution in [-0.2, 0) is 9.53 Å². The van der Waals surface area contributed by atoms with Gasteiger partial charge in [-0.3, -0.25) is 4.79 Å². The van der Waals surface area contributed by atoms with Gasteiger partial charge in [-0.1, -0.05) is 0 Å². The van der Waals surface area contributed by atoms with Crippen molar-refractivity contribution in [1.29, 1.82) is 5.26 Å². The lowest BCUT2D eigenvalue weighted by Crippen LogP contribution is -2.43. The molecule has 0 aromatic rings. The largest absolute Gasteiger partial charge is 0.375 e. The minimum atomic E-state index is -0.000384. The molecule has 94 valence electrons. The SMILES string of the molecule is N#CCCN(C(=O)CC1CNCCO1)C1CC1. The summed E-state index contributed by atoms with van der Waals surface area (Å²) in [6, 6.07) is 2.48. The molecule has 1 saturated carbocycles. The molecule has 17 heavy (non-hydrogen) atoms. The molecule has 2 aliphatic rings. The van der Waals surface area contributed by atoms with E-state index in [2.05, 4.69) is 11.4 Å². The Morgan fingerprint density at radius 3 is 2.94 bits per heavy atom. The van der Waals surface area contributed by atoms with Crippen molar-refractivity contribution in [2.75, 3.05) is 26.2 Å². The van der Waals surface area contributed by atoms with Crippen molar-refractivity contribution in [1.82, 2.24) is 10.2 Å². The average molecular weight is 237 g/mol. The van der Waals surface area contributed by atoms with Crippen molar-refractivity contribution < 1.29 is 9.53 Å². The van der Waals surface area contributed by atoms with E-state index in [1.807, 2.05) is 4.90 Å². The molecular weight excluding hydrogens is 218 g/mol. The Kier molecular flexibility index (Phi) is 4.35. The normalized spacial score (nSPS) is 24.1. The Bertz CT molecular complexity index is 303. The maximum atomic E-state index is 12.1. The zero-order chi connectivity index (χ0) is 12.1. The smallest absolute Gasteiger partial charge is 0.225 e. The average Bonchev–Trinajstić information content (AvgIpc) is 3.15. The minimum absolute atomic E-state index is 0.000384. The number of hydrogen-bond acceptors (Lipinski definition) is 4. The number of morpholine rings is 1. The van der Waals surface area contributed by atoms with Crippen LogP contribution >= 0.6 is 0 Å². The van der Waals surface area contributed by atoms with Gasteiger partial charge in [-0.25, -0.2) is 0 Å². The molecule has 1 unspecified atom stereocenters. The fourth-order valence-corrected chi connectivity index (χ4v) is 2.13. The van der Waals surface area contributed by atoms with E-state index in [1.165, 1.54) is 0 Å². The third kappa shape index (κ3) is 3.69. The van der Waals surface area contributed by atoms with Crippen molar-refractivity contribution >= 4 is 5.91 Å². The van der Waals surface area contributed by atoms with Gasteiger partial charge in [0.1, 0.15) is 0 Å². The predicted octanol–water partition coefficient (Wildman–Crippen LogP) is 0.270. The molecule has 1 heterocycles. The maximum Gasteiger partial charge on any atom is 0.225 e. The fourth-order valence-electron chi connectivity index (χ4n) is 2.13. The molecule has 1 N–H and O–H groups in total. The number of nitriles is 1. The monoisotopic (exact) mass is 237 g/mol. The summed E-state index contributed by atoms with van der Waals surface area (Å²) in [6.45, 7) is 2.87. The summed E-state index contributed by atoms with van der Waals surface area (Å²) in [5, 5.41) is 11.8. The minimum Gasteiger partial charge on any atom is -0.375 e. The number of carbonyl (C=O) groups is 1. The summed E-state index contributed by atoms with van der Waals surface area (Å²) in [5.41, 5.74) is 0. The molecule has 0 bridgehead atoms. The molecule has 2 rings (SSSR count). The van der Waals surface area contributed by atoms with Crippen LogP contribution in [0.5, 0.6) is 0 Å². The van der Waals surface area contributed by atoms with Crippen LogP contribution in [0.15, 0.2) is 0 Å². The van der Waals surface area contributed by atoms with Gasteiger partial charge in [0.15, 0.2) is 0 Å². The molecular formula is C12H19N3O2. The Morgan fingerprint density at radius 2 is 2.35 bits per heavy atom. The van der Waals surface area contributed by atoms with Crippen molar-refractivity contribution in [3.8, 4) is 6.07 Å². The van der Waals surface area contributed by atoms with Crippen LogP contribution in [-0.4, -0.2) is 49.2 Å². The molecule has 5 nitrogen and oxygen atoms in total. The molecule has 5 heteroatoms. The first-order chi connectivity index (χ1) is 8.31. The third-order valence-electron chi connectivity index (χ3n) is 3.18. The van der Waals surface area contributed by atoms with E-state index in [0.717, 1.165) is 25.9 Å². The molecule has 1 atom stereocenters. The van der Waals surface area contributed by atoms with E-state index in [-0.39, 0.29) is 12.0 Å². The fraction of sp³-hybridized carbons (Fsp3) is 0.833. The Hall–Kier alpha value is -1.12. The van der Waals surface area contributed by atoms with Gasteiger partial charge in [0, 0.05) is 25.7 Å². The lowest BCUT2D eigenvalue weighted by atomic mass is 10.2. The number of carbonyl (C=O) groups excluding carboxylic acids is 1. The summed E-state index contributed by atoms with van der Waals surface area (Å²) in [6.07, 6.45) is 3.03. The number of rotatable bonds is 5. The number of nitrogens with zero attached hydrogens (tertiary/aromatic N) is 2. The van der Waals surface area contributed by atoms with E-state index >= 15 is 0 Å². The van der Waals surface area contributed by atoms with Crippen LogP contribution in [0.2, 0.25) is 0 Å². The second-order valence-corrected chi connectivity index (χ2v) is 4.63. The highest BCUT2D eigenvalue weighted by molar-refractivity contribution is 5.77. The summed E-state index contributed by atoms with van der Waals surface area (Å²) in [7, 11) is 0. The van der Waals surface area contributed by atoms with E-state index < -0.39 is 0 Å². The lowest BCUT2D eigenvalue weighted by Gasteiger charge is -2.27. The quantitative estimate of drug-likeness (QED) is 0.745. The van der Waals surface area contributed by atoms with Crippen molar-refractivity contribution in [2.24, 2.45) is 0 Å². The topological polar surface area (TPSA) is 65.4 Å². The van der Waals surface area contributed by atoms with E-state index in [9.17, 15) is 4.79 Å². The van der Waals surface area contributed by atoms with Crippen LogP contribution in [0.25, 0.3) is 0 Å². The molecule has 0 aromatic heterocycles. The number of hydrogen-bond donors (Lipinski definition) is 1. The highest BCUT2D eigenvalue weighted by Gasteiger charge is 2.33. The summed E-state index contributed by atoms with van der Waals surface area (Å²) in [4.78, 5) is 14.0. The maximum absolute atomic E-state index is 12.1. The zero-order valence-electron chi connectivity index (χ0n) is 10.0. The van der Waals surface area contributed by atoms with Crippen LogP contribution in [0.3, 0.4) is 0 Å². The molecule has 1 saturated heterocycles. The second kappa shape index (κ2) is 5.99. The van der Waals surface area contributed by atoms with Crippen LogP contribution < -0.4 is 5.32 Å². The van der Waals surface area contributed by atoms with Crippen molar-refractivity contribution in [2.45, 2.75) is 37.8 Å². The number of amides is 1. The summed E-state index contributed by atoms with van der Waals surface area (Å²) >= 11 is 0. The van der Waals surface area contributed by atoms with Gasteiger partial charge in [0.05, 0.1) is 31.6 Å². The standard InChI is InChI=1S/C12H19N3O2/c13-4-1-6-15(10-2-3-10)12(16)8-11-9-14-5-7-17-11/h10-11,14H,1-3,5-9H2. The van der Waals surface area contributed by atoms with Crippen LogP contribution in [0.4, 0.5) is 0 Å². The van der Waals surface area contributed by atoms with Gasteiger partial charge in [0.2, 0.25) is 5.91 Å². The molecule has 0 radical (unpaired) electrons. The second-order valence-electron chi connectivity index (χ2n) is 4.63. The first-order valence-electron chi connectivity index (χ1n) is 6.30. The Balaban J connectivity index is 1.80. The summed E-state index contributed by atoms with van der Waals surface area (Å²) in [5.74, 6) is 0.136. The first kappa shape index (κ1) is 12.3. The number of nitrogens with one attached hydrogen (secondary N) is 1. The molecule has 0 spiro atoms. The molecule has 2 fully saturated rings. The van der Waals surface area contributed by atoms with Gasteiger partial charge in [-0.05, 0) is 12.8 Å². The van der Waals surface area contributed by atoms with E-state index in [1.54, 1.807) is 0 Å². The Morgan fingerprint density at radius 1 is 1.53 bits per heavy atom. The molecule has 1 aliphatic carbocycles. The van der Waals surface area contributed by atoms with Crippen molar-refractivity contribution in [3.05, 3.63) is 0 Å². The lowest BCUT2D eigenvalue weighted by molar-refractivity contribution is -0.135. The summed E-state index contributed by atoms with van der Waals surface area (Å²) < 4.78 is 5.53. The van der Waals surface area contributed by atoms with Gasteiger partial charge >= 0.3 is 0 Å². The zero-order valence-corrected chi connectivity index (χ0v) is 10.0.